The van der Waals surface area contributed by atoms with Crippen molar-refractivity contribution in [1.29, 1.82) is 0 Å². The summed E-state index contributed by atoms with van der Waals surface area (Å²) in [4.78, 5) is 2.56. The van der Waals surface area contributed by atoms with Gasteiger partial charge in [-0.1, -0.05) is 166 Å². The lowest BCUT2D eigenvalue weighted by molar-refractivity contribution is 0.445. The van der Waals surface area contributed by atoms with Crippen molar-refractivity contribution in [3.8, 4) is 22.3 Å². The van der Waals surface area contributed by atoms with Crippen LogP contribution in [0.1, 0.15) is 62.5 Å². The molecule has 10 aromatic rings. The first kappa shape index (κ1) is 37.1. The molecule has 0 N–H and O–H groups in total. The number of anilines is 2. The number of thiophene rings is 1. The van der Waals surface area contributed by atoms with Gasteiger partial charge >= 0.3 is 0 Å². The number of benzene rings is 8. The Hall–Kier alpha value is -6.68. The van der Waals surface area contributed by atoms with Crippen molar-refractivity contribution in [2.45, 2.75) is 51.4 Å². The van der Waals surface area contributed by atoms with Gasteiger partial charge in [-0.25, -0.2) is 0 Å². The Bertz CT molecular complexity index is 3390. The Kier molecular flexibility index (Phi) is 9.19. The molecule has 1 saturated carbocycles. The highest BCUT2D eigenvalue weighted by molar-refractivity contribution is 7.25. The van der Waals surface area contributed by atoms with E-state index in [0.29, 0.717) is 11.8 Å². The molecule has 62 heavy (non-hydrogen) atoms. The quantitative estimate of drug-likeness (QED) is 0.159. The second kappa shape index (κ2) is 15.3. The van der Waals surface area contributed by atoms with Crippen LogP contribution in [0.2, 0.25) is 0 Å². The van der Waals surface area contributed by atoms with Gasteiger partial charge in [-0.15, -0.1) is 11.3 Å². The summed E-state index contributed by atoms with van der Waals surface area (Å²) in [7, 11) is 0. The van der Waals surface area contributed by atoms with E-state index < -0.39 is 0 Å². The third-order valence-corrected chi connectivity index (χ3v) is 14.7. The lowest BCUT2D eigenvalue weighted by Gasteiger charge is -2.35. The molecule has 1 unspecified atom stereocenters. The summed E-state index contributed by atoms with van der Waals surface area (Å²) in [5.41, 5.74) is 14.3. The van der Waals surface area contributed by atoms with Crippen molar-refractivity contribution in [3.63, 3.8) is 0 Å². The van der Waals surface area contributed by atoms with Crippen molar-refractivity contribution in [1.82, 2.24) is 0 Å². The SMILES string of the molecule is CC1C=C(N(c2ccc(-c3cccc4sc5ccccc5c34)cc2)c2ccccc2-c2cccc3oc4ccccc4c23)C(c2cccc3cccc(C4CCCCC4)c23)=CC1. The molecule has 8 aromatic carbocycles. The number of rotatable bonds is 7. The van der Waals surface area contributed by atoms with Gasteiger partial charge in [0, 0.05) is 53.5 Å². The number of hydrogen-bond acceptors (Lipinski definition) is 3. The predicted octanol–water partition coefficient (Wildman–Crippen LogP) is 17.6. The molecule has 0 aliphatic heterocycles. The lowest BCUT2D eigenvalue weighted by Crippen LogP contribution is -2.21. The minimum absolute atomic E-state index is 0.362. The minimum Gasteiger partial charge on any atom is -0.456 e. The summed E-state index contributed by atoms with van der Waals surface area (Å²) in [5, 5.41) is 7.69. The number of furan rings is 1. The number of nitrogens with zero attached hydrogens (tertiary/aromatic N) is 1. The monoisotopic (exact) mass is 817 g/mol. The number of para-hydroxylation sites is 2. The van der Waals surface area contributed by atoms with Crippen molar-refractivity contribution < 1.29 is 4.42 Å². The van der Waals surface area contributed by atoms with Crippen molar-refractivity contribution in [2.24, 2.45) is 5.92 Å². The Morgan fingerprint density at radius 2 is 1.21 bits per heavy atom. The van der Waals surface area contributed by atoms with Gasteiger partial charge in [0.05, 0.1) is 5.69 Å². The van der Waals surface area contributed by atoms with Gasteiger partial charge in [0.25, 0.3) is 0 Å². The summed E-state index contributed by atoms with van der Waals surface area (Å²) < 4.78 is 9.13. The van der Waals surface area contributed by atoms with Crippen LogP contribution in [-0.2, 0) is 0 Å². The maximum Gasteiger partial charge on any atom is 0.136 e. The van der Waals surface area contributed by atoms with E-state index in [9.17, 15) is 0 Å². The minimum atomic E-state index is 0.362. The van der Waals surface area contributed by atoms with E-state index in [-0.39, 0.29) is 0 Å². The normalized spacial score (nSPS) is 16.0. The number of allylic oxidation sites excluding steroid dienone is 3. The molecule has 2 heterocycles. The molecule has 1 atom stereocenters. The van der Waals surface area contributed by atoms with Crippen LogP contribution in [0.3, 0.4) is 0 Å². The van der Waals surface area contributed by atoms with Crippen LogP contribution in [0, 0.1) is 5.92 Å². The molecule has 2 aliphatic carbocycles. The van der Waals surface area contributed by atoms with Crippen molar-refractivity contribution in [3.05, 3.63) is 199 Å². The summed E-state index contributed by atoms with van der Waals surface area (Å²) in [5.74, 6) is 0.949. The molecule has 0 saturated heterocycles. The fraction of sp³-hybridized carbons (Fsp3) is 0.153. The van der Waals surface area contributed by atoms with E-state index in [2.05, 4.69) is 194 Å². The maximum absolute atomic E-state index is 6.48. The van der Waals surface area contributed by atoms with Crippen molar-refractivity contribution >= 4 is 81.2 Å². The standard InChI is InChI=1S/C59H47NOS/c1-38-31-36-46(47-24-12-18-41-17-11-22-43(57(41)47)39-15-3-2-4-16-39)52(37-38)60(42-34-32-40(33-35-42)44-23-14-30-56-59(44)50-21-7-10-29-55(50)62-56)51-26-8-5-19-45(51)48-25-13-28-54-58(48)49-20-6-9-27-53(49)61-54/h5-14,17-30,32-39H,2-4,15-16,31H2,1H3. The van der Waals surface area contributed by atoms with Crippen LogP contribution < -0.4 is 4.90 Å². The van der Waals surface area contributed by atoms with E-state index in [0.717, 1.165) is 39.7 Å². The van der Waals surface area contributed by atoms with Gasteiger partial charge in [-0.3, -0.25) is 0 Å². The Morgan fingerprint density at radius 1 is 0.532 bits per heavy atom. The zero-order valence-corrected chi connectivity index (χ0v) is 35.8. The highest BCUT2D eigenvalue weighted by Gasteiger charge is 2.29. The molecule has 0 bridgehead atoms. The van der Waals surface area contributed by atoms with Crippen LogP contribution in [0.5, 0.6) is 0 Å². The molecule has 1 fully saturated rings. The topological polar surface area (TPSA) is 16.4 Å². The van der Waals surface area contributed by atoms with E-state index in [1.165, 1.54) is 108 Å². The average molecular weight is 818 g/mol. The molecule has 0 spiro atoms. The number of hydrogen-bond donors (Lipinski definition) is 0. The zero-order chi connectivity index (χ0) is 41.1. The fourth-order valence-electron chi connectivity index (χ4n) is 10.7. The molecule has 3 heteroatoms. The predicted molar refractivity (Wildman–Crippen MR) is 266 cm³/mol. The summed E-state index contributed by atoms with van der Waals surface area (Å²) >= 11 is 1.88. The Labute approximate surface area is 367 Å². The molecule has 300 valence electrons. The molecule has 0 radical (unpaired) electrons. The van der Waals surface area contributed by atoms with Crippen LogP contribution in [0.15, 0.2) is 192 Å². The van der Waals surface area contributed by atoms with Gasteiger partial charge in [0.1, 0.15) is 11.2 Å². The maximum atomic E-state index is 6.48. The van der Waals surface area contributed by atoms with E-state index in [1.54, 1.807) is 0 Å². The Balaban J connectivity index is 1.08. The first-order valence-electron chi connectivity index (χ1n) is 22.4. The largest absolute Gasteiger partial charge is 0.456 e. The zero-order valence-electron chi connectivity index (χ0n) is 35.0. The van der Waals surface area contributed by atoms with Crippen molar-refractivity contribution in [2.75, 3.05) is 4.90 Å². The fourth-order valence-corrected chi connectivity index (χ4v) is 11.9. The molecular formula is C59H47NOS. The number of fused-ring (bicyclic) bond motifs is 7. The molecule has 2 aliphatic rings. The van der Waals surface area contributed by atoms with Gasteiger partial charge in [-0.2, -0.15) is 0 Å². The van der Waals surface area contributed by atoms with Gasteiger partial charge in [0.2, 0.25) is 0 Å². The van der Waals surface area contributed by atoms with E-state index in [1.807, 2.05) is 11.3 Å². The summed E-state index contributed by atoms with van der Waals surface area (Å²) in [6.45, 7) is 2.36. The van der Waals surface area contributed by atoms with Crippen LogP contribution in [0.4, 0.5) is 11.4 Å². The van der Waals surface area contributed by atoms with E-state index in [4.69, 9.17) is 4.42 Å². The smallest absolute Gasteiger partial charge is 0.136 e. The summed E-state index contributed by atoms with van der Waals surface area (Å²) in [6.07, 6.45) is 12.6. The molecule has 12 rings (SSSR count). The second-order valence-corrected chi connectivity index (χ2v) is 18.5. The van der Waals surface area contributed by atoms with E-state index >= 15 is 0 Å². The van der Waals surface area contributed by atoms with Crippen LogP contribution in [0.25, 0.3) is 80.7 Å². The third kappa shape index (κ3) is 6.21. The van der Waals surface area contributed by atoms with Gasteiger partial charge in [-0.05, 0) is 112 Å². The highest BCUT2D eigenvalue weighted by atomic mass is 32.1. The molecule has 2 aromatic heterocycles. The third-order valence-electron chi connectivity index (χ3n) is 13.6. The van der Waals surface area contributed by atoms with Crippen LogP contribution in [-0.4, -0.2) is 0 Å². The average Bonchev–Trinajstić information content (AvgIpc) is 3.91. The molecule has 2 nitrogen and oxygen atoms in total. The lowest BCUT2D eigenvalue weighted by atomic mass is 9.79. The van der Waals surface area contributed by atoms with Gasteiger partial charge in [0.15, 0.2) is 0 Å². The Morgan fingerprint density at radius 3 is 2.10 bits per heavy atom. The first-order chi connectivity index (χ1) is 30.7. The first-order valence-corrected chi connectivity index (χ1v) is 23.2. The molecular weight excluding hydrogens is 771 g/mol. The summed E-state index contributed by atoms with van der Waals surface area (Å²) in [6, 6.07) is 62.9. The van der Waals surface area contributed by atoms with Crippen LogP contribution >= 0.6 is 11.3 Å². The second-order valence-electron chi connectivity index (χ2n) is 17.4. The molecule has 0 amide bonds. The van der Waals surface area contributed by atoms with Gasteiger partial charge < -0.3 is 9.32 Å². The highest BCUT2D eigenvalue weighted by Crippen LogP contribution is 2.49.